The van der Waals surface area contributed by atoms with Crippen LogP contribution in [0.3, 0.4) is 0 Å². The van der Waals surface area contributed by atoms with E-state index < -0.39 is 5.97 Å². The molecule has 1 heterocycles. The van der Waals surface area contributed by atoms with Gasteiger partial charge < -0.3 is 14.6 Å². The standard InChI is InChI=1S/C13H13NO4S/c1-3-18-10-6-8(4-5-9(10)17-2)12-14-7-11(19-12)13(15)16/h4-7H,3H2,1-2H3,(H,15,16). The molecule has 0 radical (unpaired) electrons. The number of carbonyl (C=O) groups is 1. The largest absolute Gasteiger partial charge is 0.493 e. The lowest BCUT2D eigenvalue weighted by Crippen LogP contribution is -1.95. The molecule has 0 aliphatic carbocycles. The minimum absolute atomic E-state index is 0.212. The molecule has 0 aliphatic rings. The Morgan fingerprint density at radius 3 is 2.79 bits per heavy atom. The van der Waals surface area contributed by atoms with Gasteiger partial charge in [0, 0.05) is 5.56 Å². The quantitative estimate of drug-likeness (QED) is 0.911. The predicted molar refractivity (Wildman–Crippen MR) is 72.2 cm³/mol. The molecule has 0 atom stereocenters. The van der Waals surface area contributed by atoms with Gasteiger partial charge in [-0.1, -0.05) is 0 Å². The third kappa shape index (κ3) is 2.85. The predicted octanol–water partition coefficient (Wildman–Crippen LogP) is 2.92. The van der Waals surface area contributed by atoms with Crippen molar-refractivity contribution < 1.29 is 19.4 Å². The van der Waals surface area contributed by atoms with Gasteiger partial charge in [-0.15, -0.1) is 11.3 Å². The van der Waals surface area contributed by atoms with Crippen LogP contribution in [0.5, 0.6) is 11.5 Å². The van der Waals surface area contributed by atoms with Crippen molar-refractivity contribution in [3.05, 3.63) is 29.3 Å². The van der Waals surface area contributed by atoms with Crippen molar-refractivity contribution in [2.75, 3.05) is 13.7 Å². The molecule has 0 aliphatic heterocycles. The van der Waals surface area contributed by atoms with Crippen molar-refractivity contribution in [1.29, 1.82) is 0 Å². The highest BCUT2D eigenvalue weighted by molar-refractivity contribution is 7.16. The summed E-state index contributed by atoms with van der Waals surface area (Å²) in [6, 6.07) is 5.40. The lowest BCUT2D eigenvalue weighted by molar-refractivity contribution is 0.0702. The van der Waals surface area contributed by atoms with Crippen molar-refractivity contribution in [1.82, 2.24) is 4.98 Å². The summed E-state index contributed by atoms with van der Waals surface area (Å²) in [6.07, 6.45) is 1.35. The molecule has 5 nitrogen and oxygen atoms in total. The van der Waals surface area contributed by atoms with E-state index in [9.17, 15) is 4.79 Å². The monoisotopic (exact) mass is 279 g/mol. The van der Waals surface area contributed by atoms with Gasteiger partial charge >= 0.3 is 5.97 Å². The number of methoxy groups -OCH3 is 1. The fraction of sp³-hybridized carbons (Fsp3) is 0.231. The van der Waals surface area contributed by atoms with Crippen LogP contribution >= 0.6 is 11.3 Å². The first-order valence-corrected chi connectivity index (χ1v) is 6.47. The fourth-order valence-electron chi connectivity index (χ4n) is 1.58. The summed E-state index contributed by atoms with van der Waals surface area (Å²) in [4.78, 5) is 15.2. The van der Waals surface area contributed by atoms with Crippen molar-refractivity contribution in [2.24, 2.45) is 0 Å². The smallest absolute Gasteiger partial charge is 0.347 e. The van der Waals surface area contributed by atoms with E-state index in [1.54, 1.807) is 19.2 Å². The van der Waals surface area contributed by atoms with Crippen LogP contribution in [0.15, 0.2) is 24.4 Å². The van der Waals surface area contributed by atoms with E-state index in [1.165, 1.54) is 6.20 Å². The van der Waals surface area contributed by atoms with Crippen LogP contribution in [-0.4, -0.2) is 29.8 Å². The number of aromatic carboxylic acids is 1. The highest BCUT2D eigenvalue weighted by Gasteiger charge is 2.12. The first-order chi connectivity index (χ1) is 9.15. The second-order valence-corrected chi connectivity index (χ2v) is 4.66. The van der Waals surface area contributed by atoms with Crippen molar-refractivity contribution in [3.63, 3.8) is 0 Å². The van der Waals surface area contributed by atoms with E-state index in [1.807, 2.05) is 13.0 Å². The molecule has 0 saturated heterocycles. The van der Waals surface area contributed by atoms with Crippen molar-refractivity contribution in [3.8, 4) is 22.1 Å². The average molecular weight is 279 g/mol. The van der Waals surface area contributed by atoms with E-state index in [-0.39, 0.29) is 4.88 Å². The summed E-state index contributed by atoms with van der Waals surface area (Å²) in [5, 5.41) is 9.53. The molecule has 2 rings (SSSR count). The second kappa shape index (κ2) is 5.71. The maximum atomic E-state index is 10.8. The molecule has 0 amide bonds. The zero-order valence-electron chi connectivity index (χ0n) is 10.5. The van der Waals surface area contributed by atoms with Gasteiger partial charge in [0.05, 0.1) is 19.9 Å². The summed E-state index contributed by atoms with van der Waals surface area (Å²) in [7, 11) is 1.57. The van der Waals surface area contributed by atoms with E-state index in [4.69, 9.17) is 14.6 Å². The summed E-state index contributed by atoms with van der Waals surface area (Å²) in [5.41, 5.74) is 0.807. The Bertz CT molecular complexity index is 594. The van der Waals surface area contributed by atoms with Gasteiger partial charge in [-0.2, -0.15) is 0 Å². The van der Waals surface area contributed by atoms with Crippen LogP contribution in [0.2, 0.25) is 0 Å². The average Bonchev–Trinajstić information content (AvgIpc) is 2.89. The van der Waals surface area contributed by atoms with Crippen LogP contribution < -0.4 is 9.47 Å². The van der Waals surface area contributed by atoms with Crippen LogP contribution in [0.1, 0.15) is 16.6 Å². The molecule has 0 saturated carbocycles. The van der Waals surface area contributed by atoms with E-state index in [2.05, 4.69) is 4.98 Å². The number of rotatable bonds is 5. The zero-order valence-corrected chi connectivity index (χ0v) is 11.4. The highest BCUT2D eigenvalue weighted by atomic mass is 32.1. The summed E-state index contributed by atoms with van der Waals surface area (Å²) >= 11 is 1.13. The zero-order chi connectivity index (χ0) is 13.8. The summed E-state index contributed by atoms with van der Waals surface area (Å²) in [5.74, 6) is 0.289. The van der Waals surface area contributed by atoms with Gasteiger partial charge in [0.2, 0.25) is 0 Å². The van der Waals surface area contributed by atoms with Crippen LogP contribution in [0, 0.1) is 0 Å². The molecule has 0 unspecified atom stereocenters. The molecular weight excluding hydrogens is 266 g/mol. The van der Waals surface area contributed by atoms with Gasteiger partial charge in [0.15, 0.2) is 11.5 Å². The van der Waals surface area contributed by atoms with Gasteiger partial charge in [-0.05, 0) is 25.1 Å². The third-order valence-corrected chi connectivity index (χ3v) is 3.46. The molecule has 0 spiro atoms. The van der Waals surface area contributed by atoms with Gasteiger partial charge in [0.1, 0.15) is 9.88 Å². The number of carboxylic acids is 1. The Hall–Kier alpha value is -2.08. The molecule has 100 valence electrons. The molecule has 1 N–H and O–H groups in total. The number of thiazole rings is 1. The SMILES string of the molecule is CCOc1cc(-c2ncc(C(=O)O)s2)ccc1OC. The molecular formula is C13H13NO4S. The van der Waals surface area contributed by atoms with Gasteiger partial charge in [0.25, 0.3) is 0 Å². The fourth-order valence-corrected chi connectivity index (χ4v) is 2.34. The Morgan fingerprint density at radius 2 is 2.21 bits per heavy atom. The number of nitrogens with zero attached hydrogens (tertiary/aromatic N) is 1. The normalized spacial score (nSPS) is 10.2. The molecule has 6 heteroatoms. The van der Waals surface area contributed by atoms with E-state index >= 15 is 0 Å². The molecule has 2 aromatic rings. The Morgan fingerprint density at radius 1 is 1.42 bits per heavy atom. The first-order valence-electron chi connectivity index (χ1n) is 5.66. The molecule has 19 heavy (non-hydrogen) atoms. The van der Waals surface area contributed by atoms with Gasteiger partial charge in [-0.25, -0.2) is 9.78 Å². The number of hydrogen-bond acceptors (Lipinski definition) is 5. The summed E-state index contributed by atoms with van der Waals surface area (Å²) < 4.78 is 10.7. The van der Waals surface area contributed by atoms with Gasteiger partial charge in [-0.3, -0.25) is 0 Å². The Kier molecular flexibility index (Phi) is 4.01. The van der Waals surface area contributed by atoms with Crippen LogP contribution in [0.4, 0.5) is 0 Å². The minimum atomic E-state index is -0.970. The Labute approximate surface area is 114 Å². The second-order valence-electron chi connectivity index (χ2n) is 3.63. The number of hydrogen-bond donors (Lipinski definition) is 1. The topological polar surface area (TPSA) is 68.7 Å². The molecule has 1 aromatic carbocycles. The van der Waals surface area contributed by atoms with Crippen molar-refractivity contribution >= 4 is 17.3 Å². The highest BCUT2D eigenvalue weighted by Crippen LogP contribution is 2.34. The van der Waals surface area contributed by atoms with E-state index in [0.29, 0.717) is 23.1 Å². The maximum Gasteiger partial charge on any atom is 0.347 e. The van der Waals surface area contributed by atoms with Crippen LogP contribution in [-0.2, 0) is 0 Å². The molecule has 0 bridgehead atoms. The molecule has 1 aromatic heterocycles. The lowest BCUT2D eigenvalue weighted by Gasteiger charge is -2.09. The minimum Gasteiger partial charge on any atom is -0.493 e. The summed E-state index contributed by atoms with van der Waals surface area (Å²) in [6.45, 7) is 2.41. The number of aromatic nitrogens is 1. The van der Waals surface area contributed by atoms with Crippen molar-refractivity contribution in [2.45, 2.75) is 6.92 Å². The Balaban J connectivity index is 2.38. The van der Waals surface area contributed by atoms with E-state index in [0.717, 1.165) is 16.9 Å². The number of benzene rings is 1. The first kappa shape index (κ1) is 13.4. The van der Waals surface area contributed by atoms with Crippen LogP contribution in [0.25, 0.3) is 10.6 Å². The molecule has 0 fully saturated rings. The number of carboxylic acid groups (broad SMARTS) is 1. The maximum absolute atomic E-state index is 10.8. The third-order valence-electron chi connectivity index (χ3n) is 2.43. The number of ether oxygens (including phenoxy) is 2. The lowest BCUT2D eigenvalue weighted by atomic mass is 10.2.